The highest BCUT2D eigenvalue weighted by molar-refractivity contribution is 6.30. The Balaban J connectivity index is 1.94. The Kier molecular flexibility index (Phi) is 6.58. The van der Waals surface area contributed by atoms with Gasteiger partial charge in [-0.1, -0.05) is 29.8 Å². The van der Waals surface area contributed by atoms with E-state index in [1.807, 2.05) is 37.3 Å². The van der Waals surface area contributed by atoms with E-state index < -0.39 is 0 Å². The van der Waals surface area contributed by atoms with E-state index in [1.54, 1.807) is 37.4 Å². The van der Waals surface area contributed by atoms with Gasteiger partial charge in [0.2, 0.25) is 0 Å². The third-order valence-electron chi connectivity index (χ3n) is 3.98. The Labute approximate surface area is 147 Å². The molecule has 128 valence electrons. The number of aromatic nitrogens is 1. The number of urea groups is 1. The molecule has 2 amide bonds. The van der Waals surface area contributed by atoms with Crippen LogP contribution in [0.25, 0.3) is 0 Å². The first kappa shape index (κ1) is 18.2. The van der Waals surface area contributed by atoms with Crippen LogP contribution in [0.4, 0.5) is 4.79 Å². The lowest BCUT2D eigenvalue weighted by Gasteiger charge is -2.26. The van der Waals surface area contributed by atoms with Crippen LogP contribution in [0.1, 0.15) is 30.3 Å². The van der Waals surface area contributed by atoms with Gasteiger partial charge in [-0.15, -0.1) is 0 Å². The minimum Gasteiger partial charge on any atom is -0.375 e. The fourth-order valence-corrected chi connectivity index (χ4v) is 2.44. The van der Waals surface area contributed by atoms with E-state index in [9.17, 15) is 4.79 Å². The van der Waals surface area contributed by atoms with Crippen molar-refractivity contribution in [2.75, 3.05) is 20.7 Å². The zero-order chi connectivity index (χ0) is 17.5. The minimum absolute atomic E-state index is 0.122. The van der Waals surface area contributed by atoms with Crippen LogP contribution in [0, 0.1) is 0 Å². The molecule has 2 rings (SSSR count). The third kappa shape index (κ3) is 4.69. The molecule has 2 atom stereocenters. The van der Waals surface area contributed by atoms with E-state index >= 15 is 0 Å². The summed E-state index contributed by atoms with van der Waals surface area (Å²) in [5, 5.41) is 3.57. The lowest BCUT2D eigenvalue weighted by Crippen LogP contribution is -2.40. The van der Waals surface area contributed by atoms with Crippen molar-refractivity contribution in [1.29, 1.82) is 0 Å². The Morgan fingerprint density at radius 2 is 2.00 bits per heavy atom. The zero-order valence-corrected chi connectivity index (χ0v) is 14.8. The van der Waals surface area contributed by atoms with Crippen LogP contribution in [0.5, 0.6) is 0 Å². The highest BCUT2D eigenvalue weighted by Crippen LogP contribution is 2.19. The first-order valence-electron chi connectivity index (χ1n) is 7.72. The highest BCUT2D eigenvalue weighted by atomic mass is 35.5. The number of ether oxygens (including phenoxy) is 1. The van der Waals surface area contributed by atoms with Gasteiger partial charge in [0.25, 0.3) is 0 Å². The van der Waals surface area contributed by atoms with Crippen LogP contribution in [0.2, 0.25) is 5.02 Å². The summed E-state index contributed by atoms with van der Waals surface area (Å²) in [6.07, 6.45) is 1.49. The summed E-state index contributed by atoms with van der Waals surface area (Å²) in [4.78, 5) is 18.3. The molecule has 0 saturated heterocycles. The summed E-state index contributed by atoms with van der Waals surface area (Å²) in [5.74, 6) is 0. The first-order valence-corrected chi connectivity index (χ1v) is 8.10. The van der Waals surface area contributed by atoms with Gasteiger partial charge in [0.15, 0.2) is 0 Å². The molecule has 6 heteroatoms. The Hall–Kier alpha value is -2.11. The Morgan fingerprint density at radius 3 is 2.58 bits per heavy atom. The fourth-order valence-electron chi connectivity index (χ4n) is 2.32. The molecule has 24 heavy (non-hydrogen) atoms. The van der Waals surface area contributed by atoms with Gasteiger partial charge in [0.1, 0.15) is 0 Å². The van der Waals surface area contributed by atoms with E-state index in [1.165, 1.54) is 0 Å². The molecule has 0 spiro atoms. The molecule has 2 unspecified atom stereocenters. The van der Waals surface area contributed by atoms with Gasteiger partial charge < -0.3 is 15.0 Å². The molecule has 2 aromatic rings. The first-order chi connectivity index (χ1) is 11.5. The van der Waals surface area contributed by atoms with Crippen LogP contribution < -0.4 is 5.32 Å². The third-order valence-corrected chi connectivity index (χ3v) is 4.23. The Morgan fingerprint density at radius 1 is 1.29 bits per heavy atom. The molecule has 1 aromatic carbocycles. The van der Waals surface area contributed by atoms with Gasteiger partial charge in [-0.3, -0.25) is 4.98 Å². The van der Waals surface area contributed by atoms with Crippen LogP contribution in [0.15, 0.2) is 48.7 Å². The van der Waals surface area contributed by atoms with Gasteiger partial charge in [0, 0.05) is 31.9 Å². The molecule has 1 aromatic heterocycles. The predicted octanol–water partition coefficient (Wildman–Crippen LogP) is 3.83. The van der Waals surface area contributed by atoms with Crippen molar-refractivity contribution in [3.8, 4) is 0 Å². The number of carbonyl (C=O) groups excluding carboxylic acids is 1. The number of carbonyl (C=O) groups is 1. The van der Waals surface area contributed by atoms with Crippen LogP contribution >= 0.6 is 11.6 Å². The largest absolute Gasteiger partial charge is 0.375 e. The van der Waals surface area contributed by atoms with Crippen molar-refractivity contribution in [3.63, 3.8) is 0 Å². The maximum absolute atomic E-state index is 12.4. The molecule has 0 aliphatic carbocycles. The number of rotatable bonds is 6. The van der Waals surface area contributed by atoms with Crippen molar-refractivity contribution in [2.24, 2.45) is 0 Å². The Bertz CT molecular complexity index is 649. The molecule has 0 radical (unpaired) electrons. The molecule has 0 bridgehead atoms. The van der Waals surface area contributed by atoms with Gasteiger partial charge in [-0.2, -0.15) is 0 Å². The number of hydrogen-bond donors (Lipinski definition) is 1. The van der Waals surface area contributed by atoms with Crippen molar-refractivity contribution < 1.29 is 9.53 Å². The highest BCUT2D eigenvalue weighted by Gasteiger charge is 2.19. The average Bonchev–Trinajstić information content (AvgIpc) is 2.62. The van der Waals surface area contributed by atoms with E-state index in [-0.39, 0.29) is 18.2 Å². The summed E-state index contributed by atoms with van der Waals surface area (Å²) in [7, 11) is 3.37. The van der Waals surface area contributed by atoms with E-state index in [0.717, 1.165) is 11.3 Å². The molecule has 1 heterocycles. The van der Waals surface area contributed by atoms with Gasteiger partial charge in [0.05, 0.1) is 17.8 Å². The lowest BCUT2D eigenvalue weighted by atomic mass is 10.1. The number of nitrogens with one attached hydrogen (secondary N) is 1. The molecule has 0 fully saturated rings. The van der Waals surface area contributed by atoms with Crippen molar-refractivity contribution in [3.05, 3.63) is 64.9 Å². The number of pyridine rings is 1. The number of nitrogens with zero attached hydrogens (tertiary/aromatic N) is 2. The van der Waals surface area contributed by atoms with Crippen LogP contribution in [-0.4, -0.2) is 36.6 Å². The second-order valence-electron chi connectivity index (χ2n) is 5.50. The SMILES string of the molecule is COC(CNC(=O)N(C)C(C)c1ccccn1)c1ccc(Cl)cc1. The molecular weight excluding hydrogens is 326 g/mol. The summed E-state index contributed by atoms with van der Waals surface area (Å²) >= 11 is 5.90. The second kappa shape index (κ2) is 8.66. The van der Waals surface area contributed by atoms with Crippen molar-refractivity contribution in [2.45, 2.75) is 19.1 Å². The molecule has 1 N–H and O–H groups in total. The topological polar surface area (TPSA) is 54.5 Å². The number of amides is 2. The van der Waals surface area contributed by atoms with E-state index in [2.05, 4.69) is 10.3 Å². The van der Waals surface area contributed by atoms with Crippen LogP contribution in [-0.2, 0) is 4.74 Å². The lowest BCUT2D eigenvalue weighted by molar-refractivity contribution is 0.101. The molecule has 5 nitrogen and oxygen atoms in total. The quantitative estimate of drug-likeness (QED) is 0.864. The monoisotopic (exact) mass is 347 g/mol. The average molecular weight is 348 g/mol. The number of benzene rings is 1. The normalized spacial score (nSPS) is 13.2. The molecular formula is C18H22ClN3O2. The maximum atomic E-state index is 12.4. The predicted molar refractivity (Wildman–Crippen MR) is 95.0 cm³/mol. The summed E-state index contributed by atoms with van der Waals surface area (Å²) in [5.41, 5.74) is 1.80. The fraction of sp³-hybridized carbons (Fsp3) is 0.333. The summed E-state index contributed by atoms with van der Waals surface area (Å²) < 4.78 is 5.46. The van der Waals surface area contributed by atoms with Gasteiger partial charge in [-0.05, 0) is 36.8 Å². The summed E-state index contributed by atoms with van der Waals surface area (Å²) in [6, 6.07) is 12.8. The van der Waals surface area contributed by atoms with E-state index in [0.29, 0.717) is 11.6 Å². The standard InChI is InChI=1S/C18H22ClN3O2/c1-13(16-6-4-5-11-20-16)22(2)18(23)21-12-17(24-3)14-7-9-15(19)10-8-14/h4-11,13,17H,12H2,1-3H3,(H,21,23). The second-order valence-corrected chi connectivity index (χ2v) is 5.94. The molecule has 0 aliphatic heterocycles. The smallest absolute Gasteiger partial charge is 0.317 e. The van der Waals surface area contributed by atoms with Crippen molar-refractivity contribution in [1.82, 2.24) is 15.2 Å². The van der Waals surface area contributed by atoms with Crippen LogP contribution in [0.3, 0.4) is 0 Å². The van der Waals surface area contributed by atoms with Gasteiger partial charge in [-0.25, -0.2) is 4.79 Å². The van der Waals surface area contributed by atoms with Gasteiger partial charge >= 0.3 is 6.03 Å². The zero-order valence-electron chi connectivity index (χ0n) is 14.1. The van der Waals surface area contributed by atoms with E-state index in [4.69, 9.17) is 16.3 Å². The number of hydrogen-bond acceptors (Lipinski definition) is 3. The van der Waals surface area contributed by atoms with Crippen molar-refractivity contribution >= 4 is 17.6 Å². The minimum atomic E-state index is -0.232. The maximum Gasteiger partial charge on any atom is 0.317 e. The number of halogens is 1. The molecule has 0 aliphatic rings. The molecule has 0 saturated carbocycles. The number of methoxy groups -OCH3 is 1. The summed E-state index contributed by atoms with van der Waals surface area (Å²) in [6.45, 7) is 2.31.